The van der Waals surface area contributed by atoms with Crippen molar-refractivity contribution in [2.45, 2.75) is 52.4 Å². The number of hydrogen-bond donors (Lipinski definition) is 0. The molecule has 0 saturated carbocycles. The summed E-state index contributed by atoms with van der Waals surface area (Å²) in [5.41, 5.74) is 8.56. The zero-order valence-corrected chi connectivity index (χ0v) is 20.0. The third kappa shape index (κ3) is 1.83. The maximum atomic E-state index is 6.76. The van der Waals surface area contributed by atoms with Crippen LogP contribution in [0.4, 0.5) is 0 Å². The predicted molar refractivity (Wildman–Crippen MR) is 115 cm³/mol. The predicted octanol–water partition coefficient (Wildman–Crippen LogP) is 5.78. The van der Waals surface area contributed by atoms with Crippen molar-refractivity contribution >= 4 is 40.0 Å². The van der Waals surface area contributed by atoms with Crippen LogP contribution in [0.1, 0.15) is 58.8 Å². The molecule has 27 heavy (non-hydrogen) atoms. The van der Waals surface area contributed by atoms with E-state index in [4.69, 9.17) is 4.42 Å². The molecule has 2 aliphatic carbocycles. The Labute approximate surface area is 171 Å². The van der Waals surface area contributed by atoms with E-state index in [-0.39, 0.29) is 10.8 Å². The standard InChI is InChI=1S/C24H22OSe2/c1-11-9-15-21(26-11)14-8-7-13-17-20(25-19(13)18(14)23(15,3)4)22-16(24(17,5)6)10-12(2)27-22/h7-10H,1-6H3. The summed E-state index contributed by atoms with van der Waals surface area (Å²) in [4.78, 5) is 0. The van der Waals surface area contributed by atoms with Gasteiger partial charge in [0.05, 0.1) is 0 Å². The first-order chi connectivity index (χ1) is 12.7. The Bertz CT molecular complexity index is 1290. The topological polar surface area (TPSA) is 13.1 Å². The third-order valence-electron chi connectivity index (χ3n) is 6.62. The quantitative estimate of drug-likeness (QED) is 0.289. The van der Waals surface area contributed by atoms with Crippen LogP contribution in [0.3, 0.4) is 0 Å². The van der Waals surface area contributed by atoms with Gasteiger partial charge in [-0.1, -0.05) is 0 Å². The molecule has 0 unspecified atom stereocenters. The second kappa shape index (κ2) is 4.84. The molecule has 6 rings (SSSR count). The van der Waals surface area contributed by atoms with Crippen molar-refractivity contribution in [3.63, 3.8) is 0 Å². The van der Waals surface area contributed by atoms with Crippen LogP contribution in [-0.4, -0.2) is 29.0 Å². The van der Waals surface area contributed by atoms with Crippen LogP contribution in [-0.2, 0) is 10.8 Å². The molecule has 3 heterocycles. The summed E-state index contributed by atoms with van der Waals surface area (Å²) in [5, 5.41) is 1.34. The third-order valence-corrected chi connectivity index (χ3v) is 11.1. The number of fused-ring (bicyclic) bond motifs is 9. The average molecular weight is 484 g/mol. The summed E-state index contributed by atoms with van der Waals surface area (Å²) in [6.07, 6.45) is 0. The van der Waals surface area contributed by atoms with Gasteiger partial charge in [0.15, 0.2) is 0 Å². The first-order valence-electron chi connectivity index (χ1n) is 9.54. The maximum absolute atomic E-state index is 6.76. The molecule has 0 atom stereocenters. The zero-order valence-electron chi connectivity index (χ0n) is 16.5. The summed E-state index contributed by atoms with van der Waals surface area (Å²) in [6.45, 7) is 14.1. The number of aryl methyl sites for hydroxylation is 2. The van der Waals surface area contributed by atoms with E-state index in [1.54, 1.807) is 8.87 Å². The zero-order chi connectivity index (χ0) is 18.9. The molecule has 0 amide bonds. The van der Waals surface area contributed by atoms with Crippen LogP contribution in [0.2, 0.25) is 0 Å². The van der Waals surface area contributed by atoms with Crippen molar-refractivity contribution in [3.8, 4) is 20.2 Å². The first-order valence-corrected chi connectivity index (χ1v) is 13.0. The minimum atomic E-state index is 0.0333. The Morgan fingerprint density at radius 3 is 2.07 bits per heavy atom. The first kappa shape index (κ1) is 16.7. The molecule has 0 saturated heterocycles. The van der Waals surface area contributed by atoms with Gasteiger partial charge < -0.3 is 0 Å². The van der Waals surface area contributed by atoms with E-state index >= 15 is 0 Å². The Kier molecular flexibility index (Phi) is 2.99. The van der Waals surface area contributed by atoms with E-state index in [1.165, 1.54) is 47.8 Å². The van der Waals surface area contributed by atoms with Gasteiger partial charge in [-0.05, 0) is 0 Å². The minimum absolute atomic E-state index is 0.0333. The van der Waals surface area contributed by atoms with Crippen molar-refractivity contribution in [2.24, 2.45) is 0 Å². The normalized spacial score (nSPS) is 17.9. The van der Waals surface area contributed by atoms with Crippen LogP contribution in [0.15, 0.2) is 28.7 Å². The van der Waals surface area contributed by atoms with Gasteiger partial charge in [0.1, 0.15) is 0 Å². The second-order valence-corrected chi connectivity index (χ2v) is 14.4. The molecule has 3 aromatic heterocycles. The number of furan rings is 1. The van der Waals surface area contributed by atoms with Crippen LogP contribution >= 0.6 is 0 Å². The van der Waals surface area contributed by atoms with Gasteiger partial charge in [-0.25, -0.2) is 0 Å². The fourth-order valence-electron chi connectivity index (χ4n) is 5.35. The number of rotatable bonds is 0. The van der Waals surface area contributed by atoms with Gasteiger partial charge in [-0.3, -0.25) is 0 Å². The molecule has 0 aliphatic heterocycles. The Morgan fingerprint density at radius 2 is 1.37 bits per heavy atom. The number of hydrogen-bond acceptors (Lipinski definition) is 1. The van der Waals surface area contributed by atoms with Crippen molar-refractivity contribution in [3.05, 3.63) is 55.4 Å². The molecule has 2 aliphatic rings. The summed E-state index contributed by atoms with van der Waals surface area (Å²) in [6, 6.07) is 9.59. The molecule has 4 aromatic rings. The van der Waals surface area contributed by atoms with Gasteiger partial charge in [0, 0.05) is 0 Å². The van der Waals surface area contributed by atoms with E-state index in [0.717, 1.165) is 5.58 Å². The van der Waals surface area contributed by atoms with E-state index in [1.807, 2.05) is 0 Å². The van der Waals surface area contributed by atoms with E-state index in [0.29, 0.717) is 29.0 Å². The molecule has 0 bridgehead atoms. The van der Waals surface area contributed by atoms with Gasteiger partial charge >= 0.3 is 172 Å². The van der Waals surface area contributed by atoms with Crippen LogP contribution in [0.25, 0.3) is 31.2 Å². The monoisotopic (exact) mass is 486 g/mol. The van der Waals surface area contributed by atoms with Gasteiger partial charge in [0.2, 0.25) is 0 Å². The van der Waals surface area contributed by atoms with Gasteiger partial charge in [0.25, 0.3) is 0 Å². The molecular weight excluding hydrogens is 462 g/mol. The fraction of sp³-hybridized carbons (Fsp3) is 0.333. The molecule has 1 aromatic carbocycles. The molecule has 0 radical (unpaired) electrons. The summed E-state index contributed by atoms with van der Waals surface area (Å²) in [5.74, 6) is 1.19. The average Bonchev–Trinajstić information content (AvgIpc) is 3.32. The SMILES string of the molecule is Cc1cc2c([se]1)-c1ccc3c4c(oc3c1C2(C)C)-c1[se]c(C)cc1C4(C)C. The molecule has 136 valence electrons. The molecule has 0 fully saturated rings. The summed E-state index contributed by atoms with van der Waals surface area (Å²) in [7, 11) is 0. The molecule has 3 heteroatoms. The molecule has 1 nitrogen and oxygen atoms in total. The van der Waals surface area contributed by atoms with Crippen molar-refractivity contribution in [1.29, 1.82) is 0 Å². The van der Waals surface area contributed by atoms with Crippen molar-refractivity contribution < 1.29 is 4.42 Å². The fourth-order valence-corrected chi connectivity index (χ4v) is 10.3. The second-order valence-electron chi connectivity index (χ2n) is 9.12. The van der Waals surface area contributed by atoms with Gasteiger partial charge in [-0.2, -0.15) is 0 Å². The van der Waals surface area contributed by atoms with Crippen LogP contribution in [0, 0.1) is 13.8 Å². The summed E-state index contributed by atoms with van der Waals surface area (Å²) >= 11 is 0.874. The van der Waals surface area contributed by atoms with Crippen LogP contribution in [0.5, 0.6) is 0 Å². The number of benzene rings is 1. The van der Waals surface area contributed by atoms with E-state index in [9.17, 15) is 0 Å². The van der Waals surface area contributed by atoms with Gasteiger partial charge in [-0.15, -0.1) is 0 Å². The Hall–Kier alpha value is -1.24. The van der Waals surface area contributed by atoms with E-state index in [2.05, 4.69) is 65.8 Å². The van der Waals surface area contributed by atoms with E-state index < -0.39 is 0 Å². The van der Waals surface area contributed by atoms with Crippen molar-refractivity contribution in [1.82, 2.24) is 0 Å². The Balaban J connectivity index is 1.74. The van der Waals surface area contributed by atoms with Crippen molar-refractivity contribution in [2.75, 3.05) is 0 Å². The summed E-state index contributed by atoms with van der Waals surface area (Å²) < 4.78 is 12.9. The van der Waals surface area contributed by atoms with Crippen LogP contribution < -0.4 is 0 Å². The Morgan fingerprint density at radius 1 is 0.778 bits per heavy atom. The molecular formula is C24H22OSe2. The molecule has 0 N–H and O–H groups in total. The molecule has 0 spiro atoms.